The van der Waals surface area contributed by atoms with Crippen molar-refractivity contribution in [1.82, 2.24) is 10.3 Å². The number of hydrogen-bond donors (Lipinski definition) is 2. The highest BCUT2D eigenvalue weighted by Gasteiger charge is 2.28. The number of rotatable bonds is 7. The third-order valence-electron chi connectivity index (χ3n) is 3.96. The molecule has 0 saturated heterocycles. The number of nitrogens with two attached hydrogens (primary N) is 1. The molecule has 0 bridgehead atoms. The van der Waals surface area contributed by atoms with Crippen LogP contribution in [0.2, 0.25) is 0 Å². The molecule has 1 aromatic carbocycles. The fourth-order valence-electron chi connectivity index (χ4n) is 2.35. The minimum absolute atomic E-state index is 0.0694. The molecule has 120 valence electrons. The molecule has 1 fully saturated rings. The molecule has 5 heteroatoms. The van der Waals surface area contributed by atoms with Crippen molar-refractivity contribution in [3.05, 3.63) is 59.9 Å². The molecular formula is C18H21N3O2. The molecule has 2 aromatic rings. The van der Waals surface area contributed by atoms with Gasteiger partial charge >= 0.3 is 0 Å². The SMILES string of the molecule is NC(CNC(=O)c1ccc(OCc2ccccn2)cc1)C1CC1. The average molecular weight is 311 g/mol. The largest absolute Gasteiger partial charge is 0.487 e. The number of hydrogen-bond acceptors (Lipinski definition) is 4. The van der Waals surface area contributed by atoms with Crippen molar-refractivity contribution in [2.24, 2.45) is 11.7 Å². The monoisotopic (exact) mass is 311 g/mol. The lowest BCUT2D eigenvalue weighted by atomic mass is 10.1. The Morgan fingerprint density at radius 3 is 2.70 bits per heavy atom. The van der Waals surface area contributed by atoms with Crippen molar-refractivity contribution in [3.63, 3.8) is 0 Å². The van der Waals surface area contributed by atoms with Crippen LogP contribution in [-0.2, 0) is 6.61 Å². The molecule has 1 aromatic heterocycles. The van der Waals surface area contributed by atoms with Crippen LogP contribution in [0.3, 0.4) is 0 Å². The Kier molecular flexibility index (Phi) is 4.88. The summed E-state index contributed by atoms with van der Waals surface area (Å²) in [7, 11) is 0. The van der Waals surface area contributed by atoms with Crippen molar-refractivity contribution in [2.45, 2.75) is 25.5 Å². The maximum Gasteiger partial charge on any atom is 0.251 e. The summed E-state index contributed by atoms with van der Waals surface area (Å²) in [6.07, 6.45) is 4.09. The van der Waals surface area contributed by atoms with Crippen LogP contribution in [0.4, 0.5) is 0 Å². The number of benzene rings is 1. The Morgan fingerprint density at radius 2 is 2.04 bits per heavy atom. The topological polar surface area (TPSA) is 77.2 Å². The molecule has 0 radical (unpaired) electrons. The van der Waals surface area contributed by atoms with Gasteiger partial charge in [0.2, 0.25) is 0 Å². The van der Waals surface area contributed by atoms with Crippen LogP contribution in [0.1, 0.15) is 28.9 Å². The summed E-state index contributed by atoms with van der Waals surface area (Å²) in [5.41, 5.74) is 7.46. The van der Waals surface area contributed by atoms with Crippen LogP contribution in [0.5, 0.6) is 5.75 Å². The van der Waals surface area contributed by atoms with Crippen molar-refractivity contribution >= 4 is 5.91 Å². The van der Waals surface area contributed by atoms with Gasteiger partial charge < -0.3 is 15.8 Å². The molecule has 1 saturated carbocycles. The van der Waals surface area contributed by atoms with Gasteiger partial charge in [0.15, 0.2) is 0 Å². The third-order valence-corrected chi connectivity index (χ3v) is 3.96. The van der Waals surface area contributed by atoms with Gasteiger partial charge in [-0.3, -0.25) is 9.78 Å². The predicted molar refractivity (Wildman–Crippen MR) is 88.0 cm³/mol. The summed E-state index contributed by atoms with van der Waals surface area (Å²) in [4.78, 5) is 16.3. The normalized spacial score (nSPS) is 15.0. The molecule has 1 unspecified atom stereocenters. The summed E-state index contributed by atoms with van der Waals surface area (Å²) in [6, 6.07) is 12.9. The Balaban J connectivity index is 1.48. The number of aromatic nitrogens is 1. The zero-order chi connectivity index (χ0) is 16.1. The molecule has 1 atom stereocenters. The minimum atomic E-state index is -0.0997. The van der Waals surface area contributed by atoms with Crippen LogP contribution in [0.15, 0.2) is 48.7 Å². The number of pyridine rings is 1. The highest BCUT2D eigenvalue weighted by atomic mass is 16.5. The van der Waals surface area contributed by atoms with E-state index in [0.29, 0.717) is 30.4 Å². The number of nitrogens with zero attached hydrogens (tertiary/aromatic N) is 1. The van der Waals surface area contributed by atoms with E-state index in [0.717, 1.165) is 5.69 Å². The molecule has 1 aliphatic rings. The first-order valence-corrected chi connectivity index (χ1v) is 7.89. The van der Waals surface area contributed by atoms with Gasteiger partial charge in [0.05, 0.1) is 5.69 Å². The molecule has 1 amide bonds. The molecule has 0 spiro atoms. The van der Waals surface area contributed by atoms with Crippen molar-refractivity contribution in [3.8, 4) is 5.75 Å². The van der Waals surface area contributed by atoms with Gasteiger partial charge in [-0.15, -0.1) is 0 Å². The molecule has 1 aliphatic carbocycles. The molecule has 5 nitrogen and oxygen atoms in total. The van der Waals surface area contributed by atoms with Crippen LogP contribution in [0, 0.1) is 5.92 Å². The molecule has 3 N–H and O–H groups in total. The predicted octanol–water partition coefficient (Wildman–Crippen LogP) is 2.13. The van der Waals surface area contributed by atoms with Gasteiger partial charge in [0.1, 0.15) is 12.4 Å². The standard InChI is InChI=1S/C18H21N3O2/c19-17(13-4-5-13)11-21-18(22)14-6-8-16(9-7-14)23-12-15-3-1-2-10-20-15/h1-3,6-10,13,17H,4-5,11-12,19H2,(H,21,22). The van der Waals surface area contributed by atoms with Gasteiger partial charge in [-0.1, -0.05) is 6.07 Å². The maximum absolute atomic E-state index is 12.1. The highest BCUT2D eigenvalue weighted by Crippen LogP contribution is 2.31. The van der Waals surface area contributed by atoms with E-state index in [9.17, 15) is 4.79 Å². The first-order valence-electron chi connectivity index (χ1n) is 7.89. The lowest BCUT2D eigenvalue weighted by molar-refractivity contribution is 0.0950. The van der Waals surface area contributed by atoms with Gasteiger partial charge in [-0.2, -0.15) is 0 Å². The molecular weight excluding hydrogens is 290 g/mol. The van der Waals surface area contributed by atoms with E-state index in [1.54, 1.807) is 30.5 Å². The van der Waals surface area contributed by atoms with Crippen molar-refractivity contribution in [1.29, 1.82) is 0 Å². The van der Waals surface area contributed by atoms with Crippen molar-refractivity contribution < 1.29 is 9.53 Å². The van der Waals surface area contributed by atoms with Crippen LogP contribution in [-0.4, -0.2) is 23.5 Å². The summed E-state index contributed by atoms with van der Waals surface area (Å²) in [5.74, 6) is 1.19. The van der Waals surface area contributed by atoms with E-state index in [2.05, 4.69) is 10.3 Å². The number of ether oxygens (including phenoxy) is 1. The Labute approximate surface area is 135 Å². The van der Waals surface area contributed by atoms with Gasteiger partial charge in [-0.05, 0) is 55.2 Å². The van der Waals surface area contributed by atoms with E-state index < -0.39 is 0 Å². The lowest BCUT2D eigenvalue weighted by Crippen LogP contribution is -2.38. The quantitative estimate of drug-likeness (QED) is 0.821. The zero-order valence-electron chi connectivity index (χ0n) is 12.9. The first kappa shape index (κ1) is 15.5. The smallest absolute Gasteiger partial charge is 0.251 e. The maximum atomic E-state index is 12.1. The summed E-state index contributed by atoms with van der Waals surface area (Å²) in [6.45, 7) is 0.935. The Bertz CT molecular complexity index is 639. The van der Waals surface area contributed by atoms with Gasteiger partial charge in [0, 0.05) is 24.3 Å². The van der Waals surface area contributed by atoms with Crippen LogP contribution >= 0.6 is 0 Å². The van der Waals surface area contributed by atoms with E-state index >= 15 is 0 Å². The molecule has 1 heterocycles. The summed E-state index contributed by atoms with van der Waals surface area (Å²) >= 11 is 0. The number of amides is 1. The number of carbonyl (C=O) groups excluding carboxylic acids is 1. The van der Waals surface area contributed by atoms with Crippen LogP contribution in [0.25, 0.3) is 0 Å². The van der Waals surface area contributed by atoms with E-state index in [-0.39, 0.29) is 11.9 Å². The van der Waals surface area contributed by atoms with Crippen LogP contribution < -0.4 is 15.8 Å². The number of carbonyl (C=O) groups is 1. The number of nitrogens with one attached hydrogen (secondary N) is 1. The second kappa shape index (κ2) is 7.24. The lowest BCUT2D eigenvalue weighted by Gasteiger charge is -2.12. The van der Waals surface area contributed by atoms with E-state index in [4.69, 9.17) is 10.5 Å². The Morgan fingerprint density at radius 1 is 1.26 bits per heavy atom. The second-order valence-corrected chi connectivity index (χ2v) is 5.85. The highest BCUT2D eigenvalue weighted by molar-refractivity contribution is 5.94. The first-order chi connectivity index (χ1) is 11.2. The third kappa shape index (κ3) is 4.53. The summed E-state index contributed by atoms with van der Waals surface area (Å²) < 4.78 is 5.65. The molecule has 0 aliphatic heterocycles. The van der Waals surface area contributed by atoms with Gasteiger partial charge in [0.25, 0.3) is 5.91 Å². The fraction of sp³-hybridized carbons (Fsp3) is 0.333. The van der Waals surface area contributed by atoms with Crippen molar-refractivity contribution in [2.75, 3.05) is 6.54 Å². The average Bonchev–Trinajstić information content (AvgIpc) is 3.44. The second-order valence-electron chi connectivity index (χ2n) is 5.85. The van der Waals surface area contributed by atoms with E-state index in [1.165, 1.54) is 12.8 Å². The Hall–Kier alpha value is -2.40. The fourth-order valence-corrected chi connectivity index (χ4v) is 2.35. The zero-order valence-corrected chi connectivity index (χ0v) is 12.9. The molecule has 23 heavy (non-hydrogen) atoms. The minimum Gasteiger partial charge on any atom is -0.487 e. The summed E-state index contributed by atoms with van der Waals surface area (Å²) in [5, 5.41) is 2.88. The van der Waals surface area contributed by atoms with E-state index in [1.807, 2.05) is 18.2 Å². The van der Waals surface area contributed by atoms with Gasteiger partial charge in [-0.25, -0.2) is 0 Å². The molecule has 3 rings (SSSR count).